The summed E-state index contributed by atoms with van der Waals surface area (Å²) in [7, 11) is 2.91. The molecule has 2 aromatic rings. The minimum Gasteiger partial charge on any atom is -0.760 e. The number of ether oxygens (including phenoxy) is 3. The first-order chi connectivity index (χ1) is 13.3. The molecule has 0 spiro atoms. The van der Waals surface area contributed by atoms with Crippen LogP contribution in [0.5, 0.6) is 23.0 Å². The van der Waals surface area contributed by atoms with Crippen molar-refractivity contribution in [1.29, 1.82) is 0 Å². The van der Waals surface area contributed by atoms with Crippen LogP contribution >= 0.6 is 15.9 Å². The largest absolute Gasteiger partial charge is 0.760 e. The number of carbonyl (C=O) groups excluding carboxylic acids is 1. The lowest BCUT2D eigenvalue weighted by Crippen LogP contribution is -2.18. The van der Waals surface area contributed by atoms with E-state index >= 15 is 0 Å². The summed E-state index contributed by atoms with van der Waals surface area (Å²) < 4.78 is 45.1. The van der Waals surface area contributed by atoms with Gasteiger partial charge >= 0.3 is 5.97 Å². The average molecular weight is 477 g/mol. The van der Waals surface area contributed by atoms with Gasteiger partial charge in [0.05, 0.1) is 19.0 Å². The van der Waals surface area contributed by atoms with Gasteiger partial charge in [0.25, 0.3) is 0 Å². The summed E-state index contributed by atoms with van der Waals surface area (Å²) in [5.41, 5.74) is 0.336. The summed E-state index contributed by atoms with van der Waals surface area (Å²) >= 11 is 0.959. The maximum Gasteiger partial charge on any atom is 0.308 e. The van der Waals surface area contributed by atoms with Crippen LogP contribution in [-0.2, 0) is 16.1 Å². The van der Waals surface area contributed by atoms with E-state index in [0.717, 1.165) is 0 Å². The molecule has 0 amide bonds. The van der Waals surface area contributed by atoms with Crippen LogP contribution in [0.15, 0.2) is 22.6 Å². The van der Waals surface area contributed by atoms with Crippen LogP contribution in [0.4, 0.5) is 0 Å². The molecule has 0 radical (unpaired) electrons. The maximum atomic E-state index is 11.5. The lowest BCUT2D eigenvalue weighted by molar-refractivity contribution is -0.132. The molecule has 0 saturated carbocycles. The first kappa shape index (κ1) is 22.2. The highest BCUT2D eigenvalue weighted by Gasteiger charge is 2.31. The third-order valence-electron chi connectivity index (χ3n) is 3.67. The van der Waals surface area contributed by atoms with Gasteiger partial charge in [0.1, 0.15) is 17.1 Å². The van der Waals surface area contributed by atoms with Gasteiger partial charge in [-0.25, -0.2) is 4.72 Å². The Kier molecular flexibility index (Phi) is 7.87. The fraction of sp³-hybridized carbons (Fsp3) is 0.353. The Morgan fingerprint density at radius 3 is 2.46 bits per heavy atom. The number of aromatic hydroxyl groups is 1. The highest BCUT2D eigenvalue weighted by molar-refractivity contribution is 9.09. The van der Waals surface area contributed by atoms with Crippen molar-refractivity contribution in [3.8, 4) is 34.3 Å². The molecular formula is C17H19BrNO8S-. The molecule has 0 aliphatic rings. The fourth-order valence-electron chi connectivity index (χ4n) is 2.52. The van der Waals surface area contributed by atoms with Crippen molar-refractivity contribution in [2.75, 3.05) is 20.8 Å². The highest BCUT2D eigenvalue weighted by Crippen LogP contribution is 2.52. The number of rotatable bonds is 9. The van der Waals surface area contributed by atoms with E-state index in [2.05, 4.69) is 20.7 Å². The zero-order chi connectivity index (χ0) is 20.8. The Morgan fingerprint density at radius 2 is 1.96 bits per heavy atom. The van der Waals surface area contributed by atoms with Gasteiger partial charge in [-0.1, -0.05) is 22.0 Å². The topological polar surface area (TPSA) is 130 Å². The number of carbonyl (C=O) groups is 1. The molecule has 2 atom stereocenters. The van der Waals surface area contributed by atoms with Crippen molar-refractivity contribution in [2.24, 2.45) is 0 Å². The van der Waals surface area contributed by atoms with E-state index in [4.69, 9.17) is 18.6 Å². The van der Waals surface area contributed by atoms with Crippen LogP contribution < -0.4 is 18.9 Å². The molecule has 0 saturated heterocycles. The Labute approximate surface area is 172 Å². The monoisotopic (exact) mass is 476 g/mol. The molecule has 9 nitrogen and oxygen atoms in total. The van der Waals surface area contributed by atoms with E-state index in [-0.39, 0.29) is 30.2 Å². The van der Waals surface area contributed by atoms with Crippen molar-refractivity contribution in [3.63, 3.8) is 0 Å². The summed E-state index contributed by atoms with van der Waals surface area (Å²) in [5.74, 6) is -0.370. The van der Waals surface area contributed by atoms with Crippen molar-refractivity contribution >= 4 is 33.2 Å². The number of hydrogen-bond donors (Lipinski definition) is 2. The number of methoxy groups -OCH3 is 2. The van der Waals surface area contributed by atoms with Crippen molar-refractivity contribution in [3.05, 3.63) is 24.0 Å². The van der Waals surface area contributed by atoms with Crippen molar-refractivity contribution in [1.82, 2.24) is 4.72 Å². The number of furan rings is 1. The van der Waals surface area contributed by atoms with E-state index < -0.39 is 27.8 Å². The minimum atomic E-state index is -2.41. The van der Waals surface area contributed by atoms with Gasteiger partial charge in [-0.3, -0.25) is 9.00 Å². The summed E-state index contributed by atoms with van der Waals surface area (Å²) in [6, 6.07) is 5.02. The van der Waals surface area contributed by atoms with E-state index in [0.29, 0.717) is 17.1 Å². The molecule has 0 fully saturated rings. The standard InChI is InChI=1S/C17H20BrNO8S/c1-9(20)26-17-14(21)16(13-11(24-2)5-4-6-12(13)25-3)27-15(17)10(18)7-8-19-28(22)23/h4-6,10,19,21H,7-8H2,1-3H3,(H,22,23)/p-1. The lowest BCUT2D eigenvalue weighted by atomic mass is 10.1. The van der Waals surface area contributed by atoms with Crippen LogP contribution in [0.1, 0.15) is 23.9 Å². The van der Waals surface area contributed by atoms with Crippen LogP contribution in [0, 0.1) is 0 Å². The Balaban J connectivity index is 2.55. The number of hydrogen-bond acceptors (Lipinski definition) is 8. The predicted octanol–water partition coefficient (Wildman–Crippen LogP) is 2.80. The summed E-state index contributed by atoms with van der Waals surface area (Å²) in [5, 5.41) is 10.7. The minimum absolute atomic E-state index is 0.00893. The smallest absolute Gasteiger partial charge is 0.308 e. The molecule has 2 unspecified atom stereocenters. The molecule has 1 heterocycles. The van der Waals surface area contributed by atoms with E-state index in [1.165, 1.54) is 21.1 Å². The van der Waals surface area contributed by atoms with Crippen LogP contribution in [0.25, 0.3) is 11.3 Å². The van der Waals surface area contributed by atoms with Gasteiger partial charge in [0.15, 0.2) is 11.5 Å². The molecular weight excluding hydrogens is 458 g/mol. The molecule has 0 bridgehead atoms. The normalized spacial score (nSPS) is 13.0. The zero-order valence-corrected chi connectivity index (χ0v) is 17.7. The highest BCUT2D eigenvalue weighted by atomic mass is 79.9. The number of halogens is 1. The fourth-order valence-corrected chi connectivity index (χ4v) is 3.33. The number of alkyl halides is 1. The molecule has 0 aliphatic heterocycles. The van der Waals surface area contributed by atoms with Crippen LogP contribution in [-0.4, -0.2) is 40.6 Å². The third-order valence-corrected chi connectivity index (χ3v) is 4.98. The number of esters is 1. The molecule has 2 N–H and O–H groups in total. The second-order valence-electron chi connectivity index (χ2n) is 5.49. The third kappa shape index (κ3) is 5.04. The molecule has 1 aromatic heterocycles. The predicted molar refractivity (Wildman–Crippen MR) is 103 cm³/mol. The molecule has 154 valence electrons. The number of nitrogens with one attached hydrogen (secondary N) is 1. The van der Waals surface area contributed by atoms with Gasteiger partial charge in [-0.15, -0.1) is 0 Å². The molecule has 1 aromatic carbocycles. The first-order valence-electron chi connectivity index (χ1n) is 8.02. The first-order valence-corrected chi connectivity index (χ1v) is 10.0. The maximum absolute atomic E-state index is 11.5. The Bertz CT molecular complexity index is 847. The second-order valence-corrected chi connectivity index (χ2v) is 7.35. The summed E-state index contributed by atoms with van der Waals surface area (Å²) in [6.45, 7) is 1.28. The van der Waals surface area contributed by atoms with Gasteiger partial charge in [-0.05, 0) is 18.6 Å². The summed E-state index contributed by atoms with van der Waals surface area (Å²) in [6.07, 6.45) is 0.262. The lowest BCUT2D eigenvalue weighted by Gasteiger charge is -2.12. The Morgan fingerprint density at radius 1 is 1.36 bits per heavy atom. The van der Waals surface area contributed by atoms with Gasteiger partial charge in [0, 0.05) is 24.7 Å². The Hall–Kier alpha value is -2.08. The quantitative estimate of drug-likeness (QED) is 0.320. The van der Waals surface area contributed by atoms with Gasteiger partial charge in [0.2, 0.25) is 11.5 Å². The molecule has 11 heteroatoms. The molecule has 2 rings (SSSR count). The van der Waals surface area contributed by atoms with Gasteiger partial charge in [-0.2, -0.15) is 0 Å². The van der Waals surface area contributed by atoms with E-state index in [1.807, 2.05) is 0 Å². The van der Waals surface area contributed by atoms with E-state index in [9.17, 15) is 18.7 Å². The van der Waals surface area contributed by atoms with Crippen LogP contribution in [0.2, 0.25) is 0 Å². The molecule has 28 heavy (non-hydrogen) atoms. The van der Waals surface area contributed by atoms with Crippen molar-refractivity contribution < 1.29 is 37.3 Å². The van der Waals surface area contributed by atoms with Crippen LogP contribution in [0.3, 0.4) is 0 Å². The van der Waals surface area contributed by atoms with Gasteiger partial charge < -0.3 is 28.3 Å². The van der Waals surface area contributed by atoms with Crippen molar-refractivity contribution in [2.45, 2.75) is 18.2 Å². The number of benzene rings is 1. The van der Waals surface area contributed by atoms with E-state index in [1.54, 1.807) is 18.2 Å². The molecule has 0 aliphatic carbocycles. The second kappa shape index (κ2) is 9.92. The zero-order valence-electron chi connectivity index (χ0n) is 15.3. The SMILES string of the molecule is COc1cccc(OC)c1-c1oc(C(Br)CCNS(=O)[O-])c(OC(C)=O)c1O. The summed E-state index contributed by atoms with van der Waals surface area (Å²) in [4.78, 5) is 10.9. The average Bonchev–Trinajstić information content (AvgIpc) is 2.96.